The Morgan fingerprint density at radius 2 is 2.27 bits per heavy atom. The van der Waals surface area contributed by atoms with Crippen LogP contribution in [-0.4, -0.2) is 41.8 Å². The zero-order chi connectivity index (χ0) is 8.27. The molecule has 1 rings (SSSR count). The zero-order valence-corrected chi connectivity index (χ0v) is 7.16. The molecule has 3 N–H and O–H groups in total. The summed E-state index contributed by atoms with van der Waals surface area (Å²) in [6.07, 6.45) is 2.10. The predicted octanol–water partition coefficient (Wildman–Crippen LogP) is -0.210. The molecular weight excluding hydrogens is 140 g/mol. The topological polar surface area (TPSA) is 49.5 Å². The third-order valence-corrected chi connectivity index (χ3v) is 2.47. The molecule has 1 fully saturated rings. The van der Waals surface area contributed by atoms with Crippen LogP contribution in [0, 0.1) is 0 Å². The fourth-order valence-corrected chi connectivity index (χ4v) is 1.72. The minimum Gasteiger partial charge on any atom is -0.395 e. The number of likely N-dealkylation sites (N-methyl/N-ethyl adjacent to an activating group) is 1. The van der Waals surface area contributed by atoms with Gasteiger partial charge in [-0.1, -0.05) is 6.92 Å². The fraction of sp³-hybridized carbons (Fsp3) is 1.00. The van der Waals surface area contributed by atoms with Crippen LogP contribution in [0.5, 0.6) is 0 Å². The number of aliphatic hydroxyl groups excluding tert-OH is 1. The highest BCUT2D eigenvalue weighted by Crippen LogP contribution is 2.14. The van der Waals surface area contributed by atoms with Gasteiger partial charge < -0.3 is 10.8 Å². The maximum absolute atomic E-state index is 9.00. The molecule has 0 unspecified atom stereocenters. The molecule has 0 bridgehead atoms. The highest BCUT2D eigenvalue weighted by molar-refractivity contribution is 4.81. The summed E-state index contributed by atoms with van der Waals surface area (Å²) >= 11 is 0. The van der Waals surface area contributed by atoms with Crippen LogP contribution in [0.15, 0.2) is 0 Å². The predicted molar refractivity (Wildman–Crippen MR) is 45.3 cm³/mol. The van der Waals surface area contributed by atoms with E-state index in [1.54, 1.807) is 0 Å². The van der Waals surface area contributed by atoms with Crippen molar-refractivity contribution in [3.05, 3.63) is 0 Å². The summed E-state index contributed by atoms with van der Waals surface area (Å²) in [6, 6.07) is 0.678. The van der Waals surface area contributed by atoms with E-state index in [0.717, 1.165) is 25.9 Å². The number of nitrogens with zero attached hydrogens (tertiary/aromatic N) is 1. The standard InChI is InChI=1S/C8H18N2O/c1-2-10-5-7(9)3-4-8(10)6-11/h7-8,11H,2-6,9H2,1H3/t7-,8+/m0/s1. The molecule has 1 saturated heterocycles. The van der Waals surface area contributed by atoms with Gasteiger partial charge in [0.2, 0.25) is 0 Å². The number of aliphatic hydroxyl groups is 1. The monoisotopic (exact) mass is 158 g/mol. The molecule has 0 saturated carbocycles. The molecular formula is C8H18N2O. The van der Waals surface area contributed by atoms with Crippen molar-refractivity contribution in [2.24, 2.45) is 5.73 Å². The second-order valence-electron chi connectivity index (χ2n) is 3.26. The number of hydrogen-bond donors (Lipinski definition) is 2. The number of hydrogen-bond acceptors (Lipinski definition) is 3. The van der Waals surface area contributed by atoms with Crippen molar-refractivity contribution in [1.29, 1.82) is 0 Å². The summed E-state index contributed by atoms with van der Waals surface area (Å²) < 4.78 is 0. The number of likely N-dealkylation sites (tertiary alicyclic amines) is 1. The van der Waals surface area contributed by atoms with Crippen molar-refractivity contribution in [3.63, 3.8) is 0 Å². The molecule has 3 nitrogen and oxygen atoms in total. The van der Waals surface area contributed by atoms with Crippen LogP contribution in [0.2, 0.25) is 0 Å². The summed E-state index contributed by atoms with van der Waals surface area (Å²) in [6.45, 7) is 4.34. The highest BCUT2D eigenvalue weighted by atomic mass is 16.3. The lowest BCUT2D eigenvalue weighted by atomic mass is 9.99. The maximum atomic E-state index is 9.00. The van der Waals surface area contributed by atoms with Gasteiger partial charge in [0.05, 0.1) is 6.61 Å². The van der Waals surface area contributed by atoms with Crippen LogP contribution < -0.4 is 5.73 Å². The molecule has 0 radical (unpaired) electrons. The normalized spacial score (nSPS) is 34.1. The molecule has 0 amide bonds. The Balaban J connectivity index is 2.41. The number of piperidine rings is 1. The fourth-order valence-electron chi connectivity index (χ4n) is 1.72. The average Bonchev–Trinajstić information content (AvgIpc) is 2.04. The van der Waals surface area contributed by atoms with E-state index in [1.807, 2.05) is 0 Å². The minimum atomic E-state index is 0.278. The van der Waals surface area contributed by atoms with Gasteiger partial charge in [-0.05, 0) is 19.4 Å². The molecule has 1 heterocycles. The Kier molecular flexibility index (Phi) is 3.30. The van der Waals surface area contributed by atoms with Gasteiger partial charge in [0.25, 0.3) is 0 Å². The molecule has 0 spiro atoms. The third kappa shape index (κ3) is 2.15. The first kappa shape index (κ1) is 8.97. The van der Waals surface area contributed by atoms with Crippen LogP contribution in [-0.2, 0) is 0 Å². The van der Waals surface area contributed by atoms with E-state index in [2.05, 4.69) is 11.8 Å². The van der Waals surface area contributed by atoms with E-state index in [9.17, 15) is 0 Å². The first-order valence-corrected chi connectivity index (χ1v) is 4.38. The maximum Gasteiger partial charge on any atom is 0.0586 e. The third-order valence-electron chi connectivity index (χ3n) is 2.47. The SMILES string of the molecule is CCN1C[C@@H](N)CC[C@@H]1CO. The first-order valence-electron chi connectivity index (χ1n) is 4.38. The number of rotatable bonds is 2. The molecule has 3 heteroatoms. The summed E-state index contributed by atoms with van der Waals surface area (Å²) in [7, 11) is 0. The van der Waals surface area contributed by atoms with Crippen molar-refractivity contribution in [2.45, 2.75) is 31.8 Å². The lowest BCUT2D eigenvalue weighted by Gasteiger charge is -2.36. The average molecular weight is 158 g/mol. The van der Waals surface area contributed by atoms with Crippen molar-refractivity contribution in [1.82, 2.24) is 4.90 Å². The molecule has 1 aliphatic rings. The van der Waals surface area contributed by atoms with Gasteiger partial charge in [-0.15, -0.1) is 0 Å². The van der Waals surface area contributed by atoms with Gasteiger partial charge in [-0.25, -0.2) is 0 Å². The summed E-state index contributed by atoms with van der Waals surface area (Å²) in [5, 5.41) is 9.00. The van der Waals surface area contributed by atoms with E-state index in [0.29, 0.717) is 12.1 Å². The van der Waals surface area contributed by atoms with Gasteiger partial charge in [-0.3, -0.25) is 4.90 Å². The van der Waals surface area contributed by atoms with E-state index >= 15 is 0 Å². The second kappa shape index (κ2) is 4.04. The van der Waals surface area contributed by atoms with Gasteiger partial charge >= 0.3 is 0 Å². The second-order valence-corrected chi connectivity index (χ2v) is 3.26. The Hall–Kier alpha value is -0.120. The van der Waals surface area contributed by atoms with E-state index < -0.39 is 0 Å². The molecule has 0 aromatic rings. The lowest BCUT2D eigenvalue weighted by Crippen LogP contribution is -2.49. The van der Waals surface area contributed by atoms with Gasteiger partial charge in [-0.2, -0.15) is 0 Å². The highest BCUT2D eigenvalue weighted by Gasteiger charge is 2.23. The molecule has 2 atom stereocenters. The van der Waals surface area contributed by atoms with Crippen LogP contribution in [0.3, 0.4) is 0 Å². The van der Waals surface area contributed by atoms with Gasteiger partial charge in [0.15, 0.2) is 0 Å². The van der Waals surface area contributed by atoms with Crippen molar-refractivity contribution < 1.29 is 5.11 Å². The Bertz CT molecular complexity index is 119. The molecule has 11 heavy (non-hydrogen) atoms. The van der Waals surface area contributed by atoms with Crippen LogP contribution in [0.4, 0.5) is 0 Å². The van der Waals surface area contributed by atoms with Gasteiger partial charge in [0.1, 0.15) is 0 Å². The molecule has 0 aromatic heterocycles. The van der Waals surface area contributed by atoms with E-state index in [4.69, 9.17) is 10.8 Å². The van der Waals surface area contributed by atoms with Crippen molar-refractivity contribution in [3.8, 4) is 0 Å². The smallest absolute Gasteiger partial charge is 0.0586 e. The molecule has 0 aliphatic carbocycles. The van der Waals surface area contributed by atoms with Crippen molar-refractivity contribution in [2.75, 3.05) is 19.7 Å². The van der Waals surface area contributed by atoms with Gasteiger partial charge in [0, 0.05) is 18.6 Å². The Morgan fingerprint density at radius 1 is 1.55 bits per heavy atom. The molecule has 66 valence electrons. The number of nitrogens with two attached hydrogens (primary N) is 1. The van der Waals surface area contributed by atoms with E-state index in [-0.39, 0.29) is 6.61 Å². The Morgan fingerprint density at radius 3 is 2.82 bits per heavy atom. The zero-order valence-electron chi connectivity index (χ0n) is 7.16. The van der Waals surface area contributed by atoms with Crippen LogP contribution >= 0.6 is 0 Å². The Labute approximate surface area is 68.2 Å². The molecule has 1 aliphatic heterocycles. The largest absolute Gasteiger partial charge is 0.395 e. The minimum absolute atomic E-state index is 0.278. The first-order chi connectivity index (χ1) is 5.27. The van der Waals surface area contributed by atoms with E-state index in [1.165, 1.54) is 0 Å². The van der Waals surface area contributed by atoms with Crippen molar-refractivity contribution >= 4 is 0 Å². The molecule has 0 aromatic carbocycles. The summed E-state index contributed by atoms with van der Waals surface area (Å²) in [5.74, 6) is 0. The van der Waals surface area contributed by atoms with Crippen LogP contribution in [0.25, 0.3) is 0 Å². The van der Waals surface area contributed by atoms with Crippen LogP contribution in [0.1, 0.15) is 19.8 Å². The summed E-state index contributed by atoms with van der Waals surface area (Å²) in [4.78, 5) is 2.26. The lowest BCUT2D eigenvalue weighted by molar-refractivity contribution is 0.0862. The summed E-state index contributed by atoms with van der Waals surface area (Å²) in [5.41, 5.74) is 5.79. The quantitative estimate of drug-likeness (QED) is 0.584.